The van der Waals surface area contributed by atoms with Crippen LogP contribution < -0.4 is 5.32 Å². The lowest BCUT2D eigenvalue weighted by Crippen LogP contribution is -2.38. The summed E-state index contributed by atoms with van der Waals surface area (Å²) in [5.41, 5.74) is 4.85. The van der Waals surface area contributed by atoms with E-state index >= 15 is 0 Å². The summed E-state index contributed by atoms with van der Waals surface area (Å²) in [6, 6.07) is 16.4. The van der Waals surface area contributed by atoms with Crippen LogP contribution in [0.4, 0.5) is 0 Å². The summed E-state index contributed by atoms with van der Waals surface area (Å²) in [6.07, 6.45) is 1.58. The van der Waals surface area contributed by atoms with Gasteiger partial charge in [-0.25, -0.2) is 0 Å². The maximum Gasteiger partial charge on any atom is 0.226 e. The molecule has 4 rings (SSSR count). The third-order valence-electron chi connectivity index (χ3n) is 5.47. The Hall–Kier alpha value is -2.62. The Morgan fingerprint density at radius 3 is 2.54 bits per heavy atom. The molecule has 0 radical (unpaired) electrons. The van der Waals surface area contributed by atoms with Crippen LogP contribution in [0.5, 0.6) is 0 Å². The first-order valence-corrected chi connectivity index (χ1v) is 9.30. The van der Waals surface area contributed by atoms with E-state index in [9.17, 15) is 9.59 Å². The molecule has 2 aliphatic rings. The minimum Gasteiger partial charge on any atom is -0.352 e. The molecule has 0 saturated heterocycles. The van der Waals surface area contributed by atoms with Gasteiger partial charge < -0.3 is 10.2 Å². The van der Waals surface area contributed by atoms with Gasteiger partial charge in [0, 0.05) is 19.6 Å². The molecular formula is C22H24N2O2. The van der Waals surface area contributed by atoms with E-state index in [1.54, 1.807) is 0 Å². The molecule has 0 spiro atoms. The predicted octanol–water partition coefficient (Wildman–Crippen LogP) is 2.83. The lowest BCUT2D eigenvalue weighted by Gasteiger charge is -2.29. The number of nitrogens with zero attached hydrogens (tertiary/aromatic N) is 1. The zero-order chi connectivity index (χ0) is 18.1. The third-order valence-corrected chi connectivity index (χ3v) is 5.47. The molecule has 0 aromatic heterocycles. The first-order chi connectivity index (χ1) is 12.6. The van der Waals surface area contributed by atoms with Crippen molar-refractivity contribution in [1.82, 2.24) is 10.2 Å². The fourth-order valence-corrected chi connectivity index (χ4v) is 3.70. The minimum atomic E-state index is -0.162. The van der Waals surface area contributed by atoms with Gasteiger partial charge in [0.15, 0.2) is 0 Å². The number of carbonyl (C=O) groups is 2. The number of aryl methyl sites for hydroxylation is 1. The molecular weight excluding hydrogens is 324 g/mol. The van der Waals surface area contributed by atoms with Gasteiger partial charge in [0.25, 0.3) is 0 Å². The first kappa shape index (κ1) is 16.8. The molecule has 1 heterocycles. The summed E-state index contributed by atoms with van der Waals surface area (Å²) in [7, 11) is 0. The van der Waals surface area contributed by atoms with Crippen molar-refractivity contribution in [2.75, 3.05) is 6.54 Å². The van der Waals surface area contributed by atoms with Crippen molar-refractivity contribution in [3.63, 3.8) is 0 Å². The molecule has 0 bridgehead atoms. The monoisotopic (exact) mass is 348 g/mol. The SMILES string of the molecule is Cc1ccc(CNC(=O)C2CC2C(=O)N2CCc3ccccc3C2)cc1. The highest BCUT2D eigenvalue weighted by atomic mass is 16.2. The number of carbonyl (C=O) groups excluding carboxylic acids is 2. The lowest BCUT2D eigenvalue weighted by molar-refractivity contribution is -0.135. The molecule has 1 saturated carbocycles. The average molecular weight is 348 g/mol. The fourth-order valence-electron chi connectivity index (χ4n) is 3.70. The lowest BCUT2D eigenvalue weighted by atomic mass is 9.99. The molecule has 4 nitrogen and oxygen atoms in total. The molecule has 134 valence electrons. The van der Waals surface area contributed by atoms with Crippen molar-refractivity contribution in [2.45, 2.75) is 32.9 Å². The first-order valence-electron chi connectivity index (χ1n) is 9.30. The normalized spacial score (nSPS) is 21.0. The zero-order valence-electron chi connectivity index (χ0n) is 15.1. The molecule has 2 aromatic carbocycles. The number of hydrogen-bond acceptors (Lipinski definition) is 2. The second-order valence-corrected chi connectivity index (χ2v) is 7.43. The number of hydrogen-bond donors (Lipinski definition) is 1. The standard InChI is InChI=1S/C22H24N2O2/c1-15-6-8-16(9-7-15)13-23-21(25)19-12-20(19)22(26)24-11-10-17-4-2-3-5-18(17)14-24/h2-9,19-20H,10-14H2,1H3,(H,23,25). The quantitative estimate of drug-likeness (QED) is 0.924. The van der Waals surface area contributed by atoms with E-state index in [0.29, 0.717) is 19.5 Å². The average Bonchev–Trinajstić information content (AvgIpc) is 3.47. The second-order valence-electron chi connectivity index (χ2n) is 7.43. The maximum absolute atomic E-state index is 12.7. The van der Waals surface area contributed by atoms with Gasteiger partial charge in [-0.1, -0.05) is 54.1 Å². The van der Waals surface area contributed by atoms with Crippen LogP contribution >= 0.6 is 0 Å². The van der Waals surface area contributed by atoms with E-state index in [-0.39, 0.29) is 23.7 Å². The minimum absolute atomic E-state index is 0.00124. The van der Waals surface area contributed by atoms with Crippen molar-refractivity contribution < 1.29 is 9.59 Å². The summed E-state index contributed by atoms with van der Waals surface area (Å²) in [6.45, 7) is 3.99. The van der Waals surface area contributed by atoms with Crippen LogP contribution in [0, 0.1) is 18.8 Å². The van der Waals surface area contributed by atoms with Crippen molar-refractivity contribution in [2.24, 2.45) is 11.8 Å². The number of rotatable bonds is 4. The Labute approximate surface area is 154 Å². The van der Waals surface area contributed by atoms with E-state index in [0.717, 1.165) is 18.5 Å². The van der Waals surface area contributed by atoms with Gasteiger partial charge in [0.05, 0.1) is 11.8 Å². The molecule has 2 aromatic rings. The van der Waals surface area contributed by atoms with Gasteiger partial charge in [-0.05, 0) is 36.5 Å². The Kier molecular flexibility index (Phi) is 4.49. The third kappa shape index (κ3) is 3.50. The van der Waals surface area contributed by atoms with E-state index in [2.05, 4.69) is 17.4 Å². The van der Waals surface area contributed by atoms with Gasteiger partial charge in [-0.15, -0.1) is 0 Å². The van der Waals surface area contributed by atoms with Crippen LogP contribution in [-0.4, -0.2) is 23.3 Å². The smallest absolute Gasteiger partial charge is 0.226 e. The summed E-state index contributed by atoms with van der Waals surface area (Å²) in [4.78, 5) is 27.0. The molecule has 4 heteroatoms. The highest BCUT2D eigenvalue weighted by Gasteiger charge is 2.49. The van der Waals surface area contributed by atoms with Crippen LogP contribution in [0.15, 0.2) is 48.5 Å². The Morgan fingerprint density at radius 2 is 1.77 bits per heavy atom. The molecule has 26 heavy (non-hydrogen) atoms. The number of amides is 2. The highest BCUT2D eigenvalue weighted by molar-refractivity contribution is 5.92. The zero-order valence-corrected chi connectivity index (χ0v) is 15.1. The highest BCUT2D eigenvalue weighted by Crippen LogP contribution is 2.41. The van der Waals surface area contributed by atoms with Crippen molar-refractivity contribution in [3.05, 3.63) is 70.8 Å². The largest absolute Gasteiger partial charge is 0.352 e. The summed E-state index contributed by atoms with van der Waals surface area (Å²) in [5.74, 6) is -0.167. The van der Waals surface area contributed by atoms with Gasteiger partial charge >= 0.3 is 0 Å². The second kappa shape index (κ2) is 6.94. The number of benzene rings is 2. The van der Waals surface area contributed by atoms with Gasteiger partial charge in [-0.2, -0.15) is 0 Å². The topological polar surface area (TPSA) is 49.4 Å². The van der Waals surface area contributed by atoms with Crippen molar-refractivity contribution >= 4 is 11.8 Å². The molecule has 2 atom stereocenters. The molecule has 1 N–H and O–H groups in total. The maximum atomic E-state index is 12.7. The van der Waals surface area contributed by atoms with Crippen LogP contribution in [0.25, 0.3) is 0 Å². The predicted molar refractivity (Wildman–Crippen MR) is 100 cm³/mol. The Morgan fingerprint density at radius 1 is 1.04 bits per heavy atom. The molecule has 2 unspecified atom stereocenters. The van der Waals surface area contributed by atoms with E-state index in [1.807, 2.05) is 48.2 Å². The fraction of sp³-hybridized carbons (Fsp3) is 0.364. The summed E-state index contributed by atoms with van der Waals surface area (Å²) >= 11 is 0. The van der Waals surface area contributed by atoms with Crippen molar-refractivity contribution in [3.8, 4) is 0 Å². The summed E-state index contributed by atoms with van der Waals surface area (Å²) < 4.78 is 0. The van der Waals surface area contributed by atoms with E-state index in [1.165, 1.54) is 16.7 Å². The van der Waals surface area contributed by atoms with Gasteiger partial charge in [0.1, 0.15) is 0 Å². The molecule has 2 amide bonds. The molecule has 1 aliphatic heterocycles. The number of fused-ring (bicyclic) bond motifs is 1. The van der Waals surface area contributed by atoms with Gasteiger partial charge in [-0.3, -0.25) is 9.59 Å². The Balaban J connectivity index is 1.30. The van der Waals surface area contributed by atoms with Crippen LogP contribution in [-0.2, 0) is 29.1 Å². The molecule has 1 fully saturated rings. The van der Waals surface area contributed by atoms with Crippen LogP contribution in [0.3, 0.4) is 0 Å². The van der Waals surface area contributed by atoms with E-state index < -0.39 is 0 Å². The Bertz CT molecular complexity index is 828. The summed E-state index contributed by atoms with van der Waals surface area (Å²) in [5, 5.41) is 2.97. The van der Waals surface area contributed by atoms with Crippen molar-refractivity contribution in [1.29, 1.82) is 0 Å². The van der Waals surface area contributed by atoms with E-state index in [4.69, 9.17) is 0 Å². The molecule has 1 aliphatic carbocycles. The van der Waals surface area contributed by atoms with Crippen LogP contribution in [0.1, 0.15) is 28.7 Å². The number of nitrogens with one attached hydrogen (secondary N) is 1. The van der Waals surface area contributed by atoms with Gasteiger partial charge in [0.2, 0.25) is 11.8 Å². The van der Waals surface area contributed by atoms with Crippen LogP contribution in [0.2, 0.25) is 0 Å².